The Kier molecular flexibility index (Phi) is 10.7. The number of hydrogen-bond donors (Lipinski definition) is 3. The van der Waals surface area contributed by atoms with Gasteiger partial charge in [-0.2, -0.15) is 0 Å². The van der Waals surface area contributed by atoms with Crippen LogP contribution in [0, 0.1) is 6.92 Å². The minimum absolute atomic E-state index is 0.00916. The number of carbonyl (C=O) groups is 4. The van der Waals surface area contributed by atoms with E-state index in [9.17, 15) is 19.2 Å². The molecule has 11 heteroatoms. The molecule has 0 unspecified atom stereocenters. The summed E-state index contributed by atoms with van der Waals surface area (Å²) >= 11 is 6.10. The number of halogens is 1. The van der Waals surface area contributed by atoms with Gasteiger partial charge in [-0.15, -0.1) is 0 Å². The molecule has 1 fully saturated rings. The van der Waals surface area contributed by atoms with Crippen molar-refractivity contribution in [2.24, 2.45) is 5.73 Å². The number of ether oxygens (including phenoxy) is 1. The van der Waals surface area contributed by atoms with Crippen LogP contribution in [0.3, 0.4) is 0 Å². The maximum atomic E-state index is 13.7. The highest BCUT2D eigenvalue weighted by molar-refractivity contribution is 6.31. The third-order valence-corrected chi connectivity index (χ3v) is 7.94. The molecule has 4 amide bonds. The number of hydrogen-bond acceptors (Lipinski definition) is 6. The Morgan fingerprint density at radius 1 is 1.05 bits per heavy atom. The molecule has 4 N–H and O–H groups in total. The maximum absolute atomic E-state index is 13.7. The molecule has 0 saturated carbocycles. The van der Waals surface area contributed by atoms with Crippen molar-refractivity contribution in [2.75, 3.05) is 38.2 Å². The number of rotatable bonds is 9. The van der Waals surface area contributed by atoms with Crippen LogP contribution in [0.15, 0.2) is 42.5 Å². The molecule has 2 aromatic carbocycles. The predicted octanol–water partition coefficient (Wildman–Crippen LogP) is 2.40. The highest BCUT2D eigenvalue weighted by Gasteiger charge is 2.36. The summed E-state index contributed by atoms with van der Waals surface area (Å²) in [7, 11) is 0. The smallest absolute Gasteiger partial charge is 0.246 e. The first-order chi connectivity index (χ1) is 19.8. The topological polar surface area (TPSA) is 134 Å². The molecule has 1 saturated heterocycles. The monoisotopic (exact) mass is 583 g/mol. The van der Waals surface area contributed by atoms with Crippen LogP contribution in [0.25, 0.3) is 0 Å². The Hall–Kier alpha value is -3.47. The molecule has 0 aliphatic carbocycles. The summed E-state index contributed by atoms with van der Waals surface area (Å²) in [6, 6.07) is 11.1. The summed E-state index contributed by atoms with van der Waals surface area (Å²) in [5.41, 5.74) is 9.06. The number of anilines is 1. The number of nitrogens with zero attached hydrogens (tertiary/aromatic N) is 2. The highest BCUT2D eigenvalue weighted by Crippen LogP contribution is 2.25. The van der Waals surface area contributed by atoms with Gasteiger partial charge in [0.2, 0.25) is 23.6 Å². The van der Waals surface area contributed by atoms with Gasteiger partial charge in [-0.25, -0.2) is 0 Å². The molecule has 0 aromatic heterocycles. The van der Waals surface area contributed by atoms with E-state index in [0.717, 1.165) is 23.1 Å². The van der Waals surface area contributed by atoms with Gasteiger partial charge in [0, 0.05) is 56.2 Å². The van der Waals surface area contributed by atoms with Crippen LogP contribution in [0.4, 0.5) is 5.69 Å². The van der Waals surface area contributed by atoms with Crippen molar-refractivity contribution >= 4 is 40.9 Å². The van der Waals surface area contributed by atoms with Crippen molar-refractivity contribution in [1.29, 1.82) is 0 Å². The van der Waals surface area contributed by atoms with Gasteiger partial charge >= 0.3 is 0 Å². The third-order valence-electron chi connectivity index (χ3n) is 7.51. The first kappa shape index (κ1) is 30.5. The summed E-state index contributed by atoms with van der Waals surface area (Å²) in [6.07, 6.45) is 1.34. The minimum atomic E-state index is -0.899. The molecule has 2 aliphatic rings. The summed E-state index contributed by atoms with van der Waals surface area (Å²) in [5, 5.41) is 6.24. The number of aryl methyl sites for hydroxylation is 1. The third kappa shape index (κ3) is 8.06. The molecule has 4 rings (SSSR count). The van der Waals surface area contributed by atoms with Crippen LogP contribution in [-0.2, 0) is 36.9 Å². The van der Waals surface area contributed by atoms with Gasteiger partial charge in [0.1, 0.15) is 12.1 Å². The first-order valence-electron chi connectivity index (χ1n) is 14.1. The Labute approximate surface area is 245 Å². The number of amides is 4. The van der Waals surface area contributed by atoms with Crippen molar-refractivity contribution in [3.63, 3.8) is 0 Å². The lowest BCUT2D eigenvalue weighted by Gasteiger charge is -2.37. The van der Waals surface area contributed by atoms with Crippen molar-refractivity contribution < 1.29 is 23.9 Å². The Morgan fingerprint density at radius 2 is 1.80 bits per heavy atom. The summed E-state index contributed by atoms with van der Waals surface area (Å²) < 4.78 is 5.42. The molecule has 10 nitrogen and oxygen atoms in total. The van der Waals surface area contributed by atoms with Crippen LogP contribution in [0.1, 0.15) is 42.4 Å². The quantitative estimate of drug-likeness (QED) is 0.415. The Morgan fingerprint density at radius 3 is 2.56 bits per heavy atom. The second-order valence-electron chi connectivity index (χ2n) is 10.4. The van der Waals surface area contributed by atoms with E-state index in [-0.39, 0.29) is 44.2 Å². The molecule has 0 radical (unpaired) electrons. The van der Waals surface area contributed by atoms with Gasteiger partial charge in [0.25, 0.3) is 0 Å². The zero-order chi connectivity index (χ0) is 29.4. The molecule has 41 heavy (non-hydrogen) atoms. The van der Waals surface area contributed by atoms with Gasteiger partial charge in [-0.1, -0.05) is 35.9 Å². The summed E-state index contributed by atoms with van der Waals surface area (Å²) in [5.74, 6) is -1.23. The van der Waals surface area contributed by atoms with Crippen LogP contribution < -0.4 is 16.4 Å². The largest absolute Gasteiger partial charge is 0.380 e. The molecule has 2 atom stereocenters. The van der Waals surface area contributed by atoms with Crippen molar-refractivity contribution in [3.05, 3.63) is 64.2 Å². The predicted molar refractivity (Wildman–Crippen MR) is 156 cm³/mol. The van der Waals surface area contributed by atoms with E-state index >= 15 is 0 Å². The van der Waals surface area contributed by atoms with Gasteiger partial charge in [-0.05, 0) is 61.2 Å². The number of carbonyl (C=O) groups excluding carboxylic acids is 4. The Bertz CT molecular complexity index is 1260. The molecule has 2 aromatic rings. The van der Waals surface area contributed by atoms with E-state index in [4.69, 9.17) is 22.1 Å². The molecule has 2 aliphatic heterocycles. The molecule has 0 bridgehead atoms. The molecule has 220 valence electrons. The fourth-order valence-corrected chi connectivity index (χ4v) is 5.30. The number of nitrogens with one attached hydrogen (secondary N) is 2. The first-order valence-corrected chi connectivity index (χ1v) is 14.4. The highest BCUT2D eigenvalue weighted by atomic mass is 35.5. The SMILES string of the molecule is Cc1cc(NC(=O)[C@H](CCN)NC(=O)[C@@H]2Cc3ccccc3CN2C(=O)CCC(=O)N2CCCOCC2)ccc1Cl. The van der Waals surface area contributed by atoms with Crippen LogP contribution in [0.5, 0.6) is 0 Å². The minimum Gasteiger partial charge on any atom is -0.380 e. The van der Waals surface area contributed by atoms with Crippen LogP contribution >= 0.6 is 11.6 Å². The van der Waals surface area contributed by atoms with E-state index in [0.29, 0.717) is 43.4 Å². The van der Waals surface area contributed by atoms with Crippen LogP contribution in [-0.4, -0.2) is 78.4 Å². The zero-order valence-corrected chi connectivity index (χ0v) is 24.1. The number of benzene rings is 2. The van der Waals surface area contributed by atoms with E-state index < -0.39 is 23.9 Å². The second-order valence-corrected chi connectivity index (χ2v) is 10.9. The van der Waals surface area contributed by atoms with Gasteiger partial charge < -0.3 is 30.9 Å². The van der Waals surface area contributed by atoms with Gasteiger partial charge in [0.05, 0.1) is 6.61 Å². The zero-order valence-electron chi connectivity index (χ0n) is 23.4. The van der Waals surface area contributed by atoms with Crippen molar-refractivity contribution in [3.8, 4) is 0 Å². The number of nitrogens with two attached hydrogens (primary N) is 1. The lowest BCUT2D eigenvalue weighted by atomic mass is 9.92. The molecular weight excluding hydrogens is 546 g/mol. The fourth-order valence-electron chi connectivity index (χ4n) is 5.19. The van der Waals surface area contributed by atoms with E-state index in [1.54, 1.807) is 23.1 Å². The average Bonchev–Trinajstić information content (AvgIpc) is 3.26. The van der Waals surface area contributed by atoms with E-state index in [2.05, 4.69) is 10.6 Å². The summed E-state index contributed by atoms with van der Waals surface area (Å²) in [6.45, 7) is 4.48. The van der Waals surface area contributed by atoms with E-state index in [1.807, 2.05) is 31.2 Å². The average molecular weight is 584 g/mol. The lowest BCUT2D eigenvalue weighted by Crippen LogP contribution is -2.56. The van der Waals surface area contributed by atoms with Crippen molar-refractivity contribution in [2.45, 2.75) is 57.7 Å². The van der Waals surface area contributed by atoms with Crippen molar-refractivity contribution in [1.82, 2.24) is 15.1 Å². The standard InChI is InChI=1S/C30H38ClN5O5/c1-20-17-23(7-8-24(20)31)33-29(39)25(11-12-32)34-30(40)26-18-21-5-2-3-6-22(21)19-36(26)28(38)10-9-27(37)35-13-4-15-41-16-14-35/h2-3,5-8,17,25-26H,4,9-16,18-19,32H2,1H3,(H,33,39)(H,34,40)/t25-,26-/m0/s1. The fraction of sp³-hybridized carbons (Fsp3) is 0.467. The maximum Gasteiger partial charge on any atom is 0.246 e. The normalized spacial score (nSPS) is 17.7. The van der Waals surface area contributed by atoms with Crippen LogP contribution in [0.2, 0.25) is 5.02 Å². The lowest BCUT2D eigenvalue weighted by molar-refractivity contribution is -0.144. The van der Waals surface area contributed by atoms with Gasteiger partial charge in [0.15, 0.2) is 0 Å². The van der Waals surface area contributed by atoms with E-state index in [1.165, 1.54) is 4.90 Å². The number of fused-ring (bicyclic) bond motifs is 1. The van der Waals surface area contributed by atoms with Gasteiger partial charge in [-0.3, -0.25) is 19.2 Å². The summed E-state index contributed by atoms with van der Waals surface area (Å²) in [4.78, 5) is 56.3. The molecule has 0 spiro atoms. The molecule has 2 heterocycles. The second kappa shape index (κ2) is 14.4. The Balaban J connectivity index is 1.46. The molecular formula is C30H38ClN5O5.